The van der Waals surface area contributed by atoms with Crippen molar-refractivity contribution in [2.75, 3.05) is 12.4 Å². The van der Waals surface area contributed by atoms with Crippen LogP contribution in [0.4, 0.5) is 5.13 Å². The van der Waals surface area contributed by atoms with Crippen molar-refractivity contribution >= 4 is 22.4 Å². The van der Waals surface area contributed by atoms with E-state index in [9.17, 15) is 4.79 Å². The summed E-state index contributed by atoms with van der Waals surface area (Å²) in [5.74, 6) is -0.276. The molecule has 3 aromatic heterocycles. The molecular formula is C17H18N6O2S. The highest BCUT2D eigenvalue weighted by molar-refractivity contribution is 7.17. The molecule has 4 heterocycles. The van der Waals surface area contributed by atoms with Gasteiger partial charge in [-0.3, -0.25) is 19.8 Å². The molecule has 1 aliphatic rings. The van der Waals surface area contributed by atoms with E-state index in [0.29, 0.717) is 15.9 Å². The van der Waals surface area contributed by atoms with Gasteiger partial charge in [-0.15, -0.1) is 5.10 Å². The number of carbonyl (C=O) groups is 1. The van der Waals surface area contributed by atoms with Crippen LogP contribution in [-0.2, 0) is 13.0 Å². The Morgan fingerprint density at radius 2 is 2.15 bits per heavy atom. The number of carbonyl (C=O) groups excluding carboxylic acids is 1. The predicted octanol–water partition coefficient (Wildman–Crippen LogP) is 2.70. The minimum atomic E-state index is -0.276. The monoisotopic (exact) mass is 370 g/mol. The van der Waals surface area contributed by atoms with Gasteiger partial charge >= 0.3 is 0 Å². The van der Waals surface area contributed by atoms with E-state index >= 15 is 0 Å². The van der Waals surface area contributed by atoms with Gasteiger partial charge in [0.1, 0.15) is 0 Å². The van der Waals surface area contributed by atoms with Gasteiger partial charge in [0.25, 0.3) is 11.1 Å². The molecule has 0 atom stereocenters. The number of hydrogen-bond acceptors (Lipinski definition) is 7. The summed E-state index contributed by atoms with van der Waals surface area (Å²) in [7, 11) is 1.51. The van der Waals surface area contributed by atoms with Crippen LogP contribution in [0.25, 0.3) is 11.1 Å². The Balaban J connectivity index is 1.71. The van der Waals surface area contributed by atoms with Crippen LogP contribution < -0.4 is 10.1 Å². The van der Waals surface area contributed by atoms with Gasteiger partial charge in [-0.25, -0.2) is 0 Å². The zero-order valence-corrected chi connectivity index (χ0v) is 15.3. The number of fused-ring (bicyclic) bond motifs is 1. The van der Waals surface area contributed by atoms with Crippen molar-refractivity contribution in [1.82, 2.24) is 25.0 Å². The third kappa shape index (κ3) is 3.05. The minimum Gasteiger partial charge on any atom is -0.472 e. The zero-order chi connectivity index (χ0) is 18.1. The molecule has 3 aromatic rings. The molecule has 0 radical (unpaired) electrons. The van der Waals surface area contributed by atoms with E-state index < -0.39 is 0 Å². The number of aryl methyl sites for hydroxylation is 2. The third-order valence-corrected chi connectivity index (χ3v) is 5.16. The standard InChI is InChI=1S/C17H18N6O2S/c1-10-7-11(12-9-19-23-6-4-3-5-14(12)23)13(8-18-10)15(24)20-16-21-22-17(25-2)26-16/h7-9H,3-6H2,1-2H3,(H,20,21,24). The summed E-state index contributed by atoms with van der Waals surface area (Å²) < 4.78 is 7.05. The Hall–Kier alpha value is -2.81. The second-order valence-electron chi connectivity index (χ2n) is 6.09. The first kappa shape index (κ1) is 16.6. The van der Waals surface area contributed by atoms with E-state index in [-0.39, 0.29) is 5.91 Å². The Morgan fingerprint density at radius 3 is 2.96 bits per heavy atom. The minimum absolute atomic E-state index is 0.276. The number of hydrogen-bond donors (Lipinski definition) is 1. The first-order valence-corrected chi connectivity index (χ1v) is 9.18. The fourth-order valence-electron chi connectivity index (χ4n) is 3.12. The highest BCUT2D eigenvalue weighted by Crippen LogP contribution is 2.31. The first-order chi connectivity index (χ1) is 12.7. The molecular weight excluding hydrogens is 352 g/mol. The summed E-state index contributed by atoms with van der Waals surface area (Å²) in [6.45, 7) is 2.84. The summed E-state index contributed by atoms with van der Waals surface area (Å²) in [5.41, 5.74) is 4.36. The maximum absolute atomic E-state index is 12.8. The molecule has 1 N–H and O–H groups in total. The summed E-state index contributed by atoms with van der Waals surface area (Å²) in [6.07, 6.45) is 6.68. The number of methoxy groups -OCH3 is 1. The van der Waals surface area contributed by atoms with Crippen LogP contribution in [0.1, 0.15) is 34.6 Å². The highest BCUT2D eigenvalue weighted by atomic mass is 32.1. The van der Waals surface area contributed by atoms with E-state index in [1.165, 1.54) is 24.1 Å². The number of rotatable bonds is 4. The summed E-state index contributed by atoms with van der Waals surface area (Å²) in [5, 5.41) is 15.8. The van der Waals surface area contributed by atoms with E-state index in [2.05, 4.69) is 25.6 Å². The Labute approximate surface area is 154 Å². The van der Waals surface area contributed by atoms with Crippen LogP contribution in [-0.4, -0.2) is 38.0 Å². The summed E-state index contributed by atoms with van der Waals surface area (Å²) in [6, 6.07) is 1.93. The van der Waals surface area contributed by atoms with E-state index in [1.807, 2.05) is 23.9 Å². The Kier molecular flexibility index (Phi) is 4.37. The van der Waals surface area contributed by atoms with Crippen LogP contribution in [0.15, 0.2) is 18.5 Å². The molecule has 0 fully saturated rings. The van der Waals surface area contributed by atoms with Crippen molar-refractivity contribution < 1.29 is 9.53 Å². The van der Waals surface area contributed by atoms with Crippen molar-refractivity contribution in [1.29, 1.82) is 0 Å². The van der Waals surface area contributed by atoms with E-state index in [1.54, 1.807) is 6.20 Å². The number of ether oxygens (including phenoxy) is 1. The van der Waals surface area contributed by atoms with Crippen molar-refractivity contribution in [2.45, 2.75) is 32.7 Å². The van der Waals surface area contributed by atoms with Crippen molar-refractivity contribution in [3.8, 4) is 16.3 Å². The highest BCUT2D eigenvalue weighted by Gasteiger charge is 2.22. The third-order valence-electron chi connectivity index (χ3n) is 4.36. The van der Waals surface area contributed by atoms with Gasteiger partial charge in [0.05, 0.1) is 18.9 Å². The number of anilines is 1. The van der Waals surface area contributed by atoms with Gasteiger partial charge in [0, 0.05) is 35.3 Å². The van der Waals surface area contributed by atoms with Gasteiger partial charge < -0.3 is 4.74 Å². The van der Waals surface area contributed by atoms with Gasteiger partial charge in [-0.2, -0.15) is 5.10 Å². The first-order valence-electron chi connectivity index (χ1n) is 8.36. The van der Waals surface area contributed by atoms with Gasteiger partial charge in [0.2, 0.25) is 5.13 Å². The molecule has 4 rings (SSSR count). The molecule has 0 saturated heterocycles. The lowest BCUT2D eigenvalue weighted by Gasteiger charge is -2.16. The van der Waals surface area contributed by atoms with Crippen molar-refractivity contribution in [3.05, 3.63) is 35.4 Å². The fraction of sp³-hybridized carbons (Fsp3) is 0.353. The van der Waals surface area contributed by atoms with Crippen LogP contribution in [0.2, 0.25) is 0 Å². The van der Waals surface area contributed by atoms with Crippen LogP contribution in [0.5, 0.6) is 5.19 Å². The molecule has 0 unspecified atom stereocenters. The smallest absolute Gasteiger partial charge is 0.295 e. The molecule has 134 valence electrons. The fourth-order valence-corrected chi connectivity index (χ4v) is 3.67. The number of nitrogens with one attached hydrogen (secondary N) is 1. The van der Waals surface area contributed by atoms with Crippen LogP contribution in [0.3, 0.4) is 0 Å². The molecule has 0 saturated carbocycles. The van der Waals surface area contributed by atoms with Crippen molar-refractivity contribution in [3.63, 3.8) is 0 Å². The largest absolute Gasteiger partial charge is 0.472 e. The van der Waals surface area contributed by atoms with Gasteiger partial charge in [0.15, 0.2) is 0 Å². The topological polar surface area (TPSA) is 94.8 Å². The molecule has 0 bridgehead atoms. The molecule has 0 aliphatic carbocycles. The van der Waals surface area contributed by atoms with Crippen LogP contribution in [0, 0.1) is 6.92 Å². The number of aromatic nitrogens is 5. The number of amides is 1. The zero-order valence-electron chi connectivity index (χ0n) is 14.5. The molecule has 1 amide bonds. The van der Waals surface area contributed by atoms with E-state index in [0.717, 1.165) is 42.6 Å². The lowest BCUT2D eigenvalue weighted by Crippen LogP contribution is -2.15. The molecule has 0 spiro atoms. The molecule has 1 aliphatic heterocycles. The second kappa shape index (κ2) is 6.83. The Bertz CT molecular complexity index is 964. The Morgan fingerprint density at radius 1 is 1.27 bits per heavy atom. The summed E-state index contributed by atoms with van der Waals surface area (Å²) in [4.78, 5) is 17.1. The lowest BCUT2D eigenvalue weighted by molar-refractivity contribution is 0.102. The molecule has 9 heteroatoms. The molecule has 8 nitrogen and oxygen atoms in total. The molecule has 0 aromatic carbocycles. The van der Waals surface area contributed by atoms with E-state index in [4.69, 9.17) is 4.74 Å². The SMILES string of the molecule is COc1nnc(NC(=O)c2cnc(C)cc2-c2cnn3c2CCCC3)s1. The second-order valence-corrected chi connectivity index (χ2v) is 7.03. The number of pyridine rings is 1. The van der Waals surface area contributed by atoms with Gasteiger partial charge in [-0.05, 0) is 43.6 Å². The predicted molar refractivity (Wildman–Crippen MR) is 97.5 cm³/mol. The maximum Gasteiger partial charge on any atom is 0.295 e. The quantitative estimate of drug-likeness (QED) is 0.759. The summed E-state index contributed by atoms with van der Waals surface area (Å²) >= 11 is 1.17. The average molecular weight is 370 g/mol. The van der Waals surface area contributed by atoms with Crippen LogP contribution >= 0.6 is 11.3 Å². The normalized spacial score (nSPS) is 13.3. The lowest BCUT2D eigenvalue weighted by atomic mass is 9.97. The van der Waals surface area contributed by atoms with Crippen molar-refractivity contribution in [2.24, 2.45) is 0 Å². The maximum atomic E-state index is 12.8. The van der Waals surface area contributed by atoms with Gasteiger partial charge in [-0.1, -0.05) is 5.10 Å². The average Bonchev–Trinajstić information content (AvgIpc) is 3.28. The molecule has 26 heavy (non-hydrogen) atoms. The number of nitrogens with zero attached hydrogens (tertiary/aromatic N) is 5.